The third-order valence-corrected chi connectivity index (χ3v) is 7.95. The lowest BCUT2D eigenvalue weighted by atomic mass is 10.1. The summed E-state index contributed by atoms with van der Waals surface area (Å²) in [5.74, 6) is 0. The first kappa shape index (κ1) is 19.6. The molecule has 0 radical (unpaired) electrons. The fourth-order valence-electron chi connectivity index (χ4n) is 3.32. The molecule has 0 bridgehead atoms. The summed E-state index contributed by atoms with van der Waals surface area (Å²) in [5, 5.41) is 0.998. The van der Waals surface area contributed by atoms with E-state index in [0.717, 1.165) is 32.6 Å². The number of aromatic nitrogens is 2. The van der Waals surface area contributed by atoms with Crippen molar-refractivity contribution >= 4 is 32.3 Å². The third kappa shape index (κ3) is 3.78. The number of thiophene rings is 1. The average Bonchev–Trinajstić information content (AvgIpc) is 3.34. The molecular formula is C21H21N3O3S2. The van der Waals surface area contributed by atoms with Crippen molar-refractivity contribution in [3.8, 4) is 10.4 Å². The molecule has 0 atom stereocenters. The summed E-state index contributed by atoms with van der Waals surface area (Å²) < 4.78 is 28.5. The van der Waals surface area contributed by atoms with Crippen LogP contribution in [0.2, 0.25) is 0 Å². The minimum atomic E-state index is -3.65. The molecule has 0 aliphatic rings. The van der Waals surface area contributed by atoms with Gasteiger partial charge in [0, 0.05) is 45.3 Å². The summed E-state index contributed by atoms with van der Waals surface area (Å²) in [4.78, 5) is 18.8. The van der Waals surface area contributed by atoms with Gasteiger partial charge in [0.05, 0.1) is 0 Å². The van der Waals surface area contributed by atoms with Gasteiger partial charge in [0.2, 0.25) is 10.0 Å². The second kappa shape index (κ2) is 7.62. The number of pyridine rings is 1. The summed E-state index contributed by atoms with van der Waals surface area (Å²) >= 11 is 1.19. The number of rotatable bonds is 6. The van der Waals surface area contributed by atoms with Crippen LogP contribution < -0.4 is 10.3 Å². The van der Waals surface area contributed by atoms with Crippen LogP contribution in [-0.2, 0) is 23.0 Å². The highest BCUT2D eigenvalue weighted by Gasteiger charge is 2.19. The van der Waals surface area contributed by atoms with E-state index < -0.39 is 10.0 Å². The number of hydrogen-bond acceptors (Lipinski definition) is 4. The topological polar surface area (TPSA) is 94.8 Å². The lowest BCUT2D eigenvalue weighted by Crippen LogP contribution is -2.22. The van der Waals surface area contributed by atoms with E-state index in [1.54, 1.807) is 12.1 Å². The first-order valence-corrected chi connectivity index (χ1v) is 11.6. The largest absolute Gasteiger partial charge is 0.361 e. The molecular weight excluding hydrogens is 406 g/mol. The molecule has 29 heavy (non-hydrogen) atoms. The smallest absolute Gasteiger partial charge is 0.251 e. The molecule has 6 nitrogen and oxygen atoms in total. The lowest BCUT2D eigenvalue weighted by molar-refractivity contribution is 0.583. The Morgan fingerprint density at radius 3 is 2.69 bits per heavy atom. The zero-order chi connectivity index (χ0) is 20.6. The Morgan fingerprint density at radius 2 is 1.90 bits per heavy atom. The molecule has 4 rings (SSSR count). The Kier molecular flexibility index (Phi) is 5.16. The van der Waals surface area contributed by atoms with E-state index in [9.17, 15) is 13.2 Å². The molecule has 0 aliphatic carbocycles. The van der Waals surface area contributed by atoms with Gasteiger partial charge in [-0.2, -0.15) is 0 Å². The Hall–Kier alpha value is -2.68. The summed E-state index contributed by atoms with van der Waals surface area (Å²) in [6, 6.07) is 13.0. The quantitative estimate of drug-likeness (QED) is 0.435. The molecule has 1 aromatic carbocycles. The summed E-state index contributed by atoms with van der Waals surface area (Å²) in [7, 11) is -3.65. The second-order valence-corrected chi connectivity index (χ2v) is 9.90. The normalized spacial score (nSPS) is 11.9. The van der Waals surface area contributed by atoms with Gasteiger partial charge in [-0.25, -0.2) is 13.1 Å². The SMILES string of the molecule is CCc1cc(-c2ccc(S(=O)(=O)NCc3c[nH]c4ccccc34)s2)c(C)[nH]c1=O. The van der Waals surface area contributed by atoms with Crippen LogP contribution in [0.15, 0.2) is 57.7 Å². The van der Waals surface area contributed by atoms with Gasteiger partial charge in [0.25, 0.3) is 5.56 Å². The van der Waals surface area contributed by atoms with E-state index in [2.05, 4.69) is 14.7 Å². The van der Waals surface area contributed by atoms with Gasteiger partial charge in [0.1, 0.15) is 4.21 Å². The highest BCUT2D eigenvalue weighted by molar-refractivity contribution is 7.91. The van der Waals surface area contributed by atoms with Gasteiger partial charge in [-0.05, 0) is 43.2 Å². The van der Waals surface area contributed by atoms with Crippen LogP contribution >= 0.6 is 11.3 Å². The molecule has 0 saturated heterocycles. The lowest BCUT2D eigenvalue weighted by Gasteiger charge is -2.06. The second-order valence-electron chi connectivity index (χ2n) is 6.82. The average molecular weight is 428 g/mol. The van der Waals surface area contributed by atoms with Crippen molar-refractivity contribution in [3.05, 3.63) is 75.8 Å². The van der Waals surface area contributed by atoms with Crippen LogP contribution in [0.1, 0.15) is 23.7 Å². The number of H-pyrrole nitrogens is 2. The molecule has 0 spiro atoms. The molecule has 4 aromatic rings. The van der Waals surface area contributed by atoms with Crippen LogP contribution in [0.3, 0.4) is 0 Å². The molecule has 3 heterocycles. The van der Waals surface area contributed by atoms with Crippen molar-refractivity contribution in [2.75, 3.05) is 0 Å². The van der Waals surface area contributed by atoms with Gasteiger partial charge in [0.15, 0.2) is 0 Å². The number of sulfonamides is 1. The standard InChI is InChI=1S/C21H21N3O3S2/c1-3-14-10-17(13(2)24-21(14)25)19-8-9-20(28-19)29(26,27)23-12-15-11-22-18-7-5-4-6-16(15)18/h4-11,22-23H,3,12H2,1-2H3,(H,24,25). The van der Waals surface area contributed by atoms with Crippen LogP contribution in [0.4, 0.5) is 0 Å². The Bertz CT molecular complexity index is 1350. The zero-order valence-electron chi connectivity index (χ0n) is 16.1. The molecule has 3 aromatic heterocycles. The van der Waals surface area contributed by atoms with Gasteiger partial charge in [-0.1, -0.05) is 25.1 Å². The van der Waals surface area contributed by atoms with Gasteiger partial charge in [-0.3, -0.25) is 4.79 Å². The summed E-state index contributed by atoms with van der Waals surface area (Å²) in [6.45, 7) is 3.94. The molecule has 8 heteroatoms. The Labute approximate surface area is 172 Å². The monoisotopic (exact) mass is 427 g/mol. The zero-order valence-corrected chi connectivity index (χ0v) is 17.7. The minimum absolute atomic E-state index is 0.0986. The first-order chi connectivity index (χ1) is 13.9. The van der Waals surface area contributed by atoms with Crippen LogP contribution in [0, 0.1) is 6.92 Å². The molecule has 0 unspecified atom stereocenters. The maximum absolute atomic E-state index is 12.8. The van der Waals surface area contributed by atoms with E-state index in [1.165, 1.54) is 11.3 Å². The van der Waals surface area contributed by atoms with Crippen LogP contribution in [0.25, 0.3) is 21.3 Å². The van der Waals surface area contributed by atoms with Crippen LogP contribution in [0.5, 0.6) is 0 Å². The fourth-order valence-corrected chi connectivity index (χ4v) is 5.75. The molecule has 150 valence electrons. The molecule has 0 amide bonds. The maximum atomic E-state index is 12.8. The highest BCUT2D eigenvalue weighted by Crippen LogP contribution is 2.32. The van der Waals surface area contributed by atoms with Gasteiger partial charge >= 0.3 is 0 Å². The first-order valence-electron chi connectivity index (χ1n) is 9.26. The van der Waals surface area contributed by atoms with Crippen molar-refractivity contribution in [2.24, 2.45) is 0 Å². The van der Waals surface area contributed by atoms with E-state index >= 15 is 0 Å². The summed E-state index contributed by atoms with van der Waals surface area (Å²) in [6.07, 6.45) is 2.44. The van der Waals surface area contributed by atoms with Crippen molar-refractivity contribution in [2.45, 2.75) is 31.0 Å². The van der Waals surface area contributed by atoms with Crippen molar-refractivity contribution in [3.63, 3.8) is 0 Å². The Balaban J connectivity index is 1.59. The maximum Gasteiger partial charge on any atom is 0.251 e. The third-order valence-electron chi connectivity index (χ3n) is 4.94. The van der Waals surface area contributed by atoms with Crippen molar-refractivity contribution in [1.82, 2.24) is 14.7 Å². The number of fused-ring (bicyclic) bond motifs is 1. The molecule has 3 N–H and O–H groups in total. The number of benzene rings is 1. The predicted octanol–water partition coefficient (Wildman–Crippen LogP) is 3.93. The number of para-hydroxylation sites is 1. The van der Waals surface area contributed by atoms with E-state index in [4.69, 9.17) is 0 Å². The van der Waals surface area contributed by atoms with Crippen molar-refractivity contribution in [1.29, 1.82) is 0 Å². The Morgan fingerprint density at radius 1 is 1.10 bits per heavy atom. The number of aromatic amines is 2. The van der Waals surface area contributed by atoms with E-state index in [0.29, 0.717) is 12.0 Å². The molecule has 0 aliphatic heterocycles. The number of aryl methyl sites for hydroxylation is 2. The fraction of sp³-hybridized carbons (Fsp3) is 0.190. The predicted molar refractivity (Wildman–Crippen MR) is 117 cm³/mol. The summed E-state index contributed by atoms with van der Waals surface area (Å²) in [5.41, 5.74) is 4.03. The minimum Gasteiger partial charge on any atom is -0.361 e. The highest BCUT2D eigenvalue weighted by atomic mass is 32.2. The van der Waals surface area contributed by atoms with Crippen LogP contribution in [-0.4, -0.2) is 18.4 Å². The van der Waals surface area contributed by atoms with E-state index in [-0.39, 0.29) is 16.3 Å². The number of nitrogens with one attached hydrogen (secondary N) is 3. The van der Waals surface area contributed by atoms with Gasteiger partial charge in [-0.15, -0.1) is 11.3 Å². The number of hydrogen-bond donors (Lipinski definition) is 3. The van der Waals surface area contributed by atoms with Crippen molar-refractivity contribution < 1.29 is 8.42 Å². The molecule has 0 saturated carbocycles. The van der Waals surface area contributed by atoms with E-state index in [1.807, 2.05) is 50.4 Å². The van der Waals surface area contributed by atoms with Gasteiger partial charge < -0.3 is 9.97 Å². The molecule has 0 fully saturated rings.